The van der Waals surface area contributed by atoms with Crippen molar-refractivity contribution >= 4 is 27.9 Å². The summed E-state index contributed by atoms with van der Waals surface area (Å²) in [6.45, 7) is 0. The Morgan fingerprint density at radius 2 is 1.77 bits per heavy atom. The molecule has 0 bridgehead atoms. The maximum absolute atomic E-state index is 12.0. The first-order chi connectivity index (χ1) is 5.97. The third-order valence-corrected chi connectivity index (χ3v) is 2.01. The van der Waals surface area contributed by atoms with Crippen molar-refractivity contribution < 1.29 is 12.3 Å². The van der Waals surface area contributed by atoms with Gasteiger partial charge in [-0.15, -0.1) is 3.89 Å². The Kier molecular flexibility index (Phi) is 3.06. The van der Waals surface area contributed by atoms with E-state index >= 15 is 0 Å². The van der Waals surface area contributed by atoms with Gasteiger partial charge in [-0.25, -0.2) is 0 Å². The van der Waals surface area contributed by atoms with Gasteiger partial charge in [0.15, 0.2) is 0 Å². The molecule has 2 nitrogen and oxygen atoms in total. The molecule has 0 amide bonds. The summed E-state index contributed by atoms with van der Waals surface area (Å²) in [6, 6.07) is 6.35. The Morgan fingerprint density at radius 1 is 1.23 bits per heavy atom. The summed E-state index contributed by atoms with van der Waals surface area (Å²) < 4.78 is 32.2. The van der Waals surface area contributed by atoms with Crippen LogP contribution in [0.3, 0.4) is 0 Å². The van der Waals surface area contributed by atoms with Gasteiger partial charge >= 0.3 is 10.2 Å². The third kappa shape index (κ3) is 4.05. The standard InChI is InChI=1S/C8H6ClFO2S/c9-8-3-1-7(2-4-8)5-6-13(10,11)12/h1-6H. The SMILES string of the molecule is O=S(=O)(F)C=Cc1ccc(Cl)cc1. The summed E-state index contributed by atoms with van der Waals surface area (Å²) in [7, 11) is -4.55. The molecule has 70 valence electrons. The van der Waals surface area contributed by atoms with E-state index in [0.717, 1.165) is 6.08 Å². The molecule has 0 aliphatic rings. The number of rotatable bonds is 2. The summed E-state index contributed by atoms with van der Waals surface area (Å²) in [5.41, 5.74) is 0.575. The van der Waals surface area contributed by atoms with Crippen molar-refractivity contribution in [2.24, 2.45) is 0 Å². The molecule has 0 fully saturated rings. The van der Waals surface area contributed by atoms with Crippen LogP contribution in [0.25, 0.3) is 6.08 Å². The van der Waals surface area contributed by atoms with Crippen molar-refractivity contribution in [3.05, 3.63) is 40.3 Å². The van der Waals surface area contributed by atoms with Gasteiger partial charge in [0, 0.05) is 5.02 Å². The average Bonchev–Trinajstić information content (AvgIpc) is 2.02. The molecule has 0 saturated carbocycles. The lowest BCUT2D eigenvalue weighted by Gasteiger charge is -1.91. The van der Waals surface area contributed by atoms with Gasteiger partial charge in [-0.1, -0.05) is 23.7 Å². The molecule has 0 saturated heterocycles. The first kappa shape index (κ1) is 10.2. The molecule has 0 radical (unpaired) electrons. The molecule has 0 aliphatic heterocycles. The number of hydrogen-bond donors (Lipinski definition) is 0. The summed E-state index contributed by atoms with van der Waals surface area (Å²) >= 11 is 5.59. The van der Waals surface area contributed by atoms with Gasteiger partial charge in [0.1, 0.15) is 0 Å². The summed E-state index contributed by atoms with van der Waals surface area (Å²) in [5, 5.41) is 1.04. The van der Waals surface area contributed by atoms with Crippen molar-refractivity contribution in [2.75, 3.05) is 0 Å². The maximum atomic E-state index is 12.0. The Hall–Kier alpha value is -0.870. The molecule has 1 rings (SSSR count). The minimum absolute atomic E-state index is 0.496. The van der Waals surface area contributed by atoms with Crippen molar-refractivity contribution in [1.29, 1.82) is 0 Å². The van der Waals surface area contributed by atoms with Gasteiger partial charge < -0.3 is 0 Å². The largest absolute Gasteiger partial charge is 0.325 e. The second-order valence-electron chi connectivity index (χ2n) is 2.33. The van der Waals surface area contributed by atoms with Crippen LogP contribution in [0.2, 0.25) is 5.02 Å². The average molecular weight is 221 g/mol. The van der Waals surface area contributed by atoms with Gasteiger partial charge in [0.05, 0.1) is 5.41 Å². The molecule has 13 heavy (non-hydrogen) atoms. The van der Waals surface area contributed by atoms with Gasteiger partial charge in [-0.05, 0) is 23.8 Å². The van der Waals surface area contributed by atoms with E-state index in [2.05, 4.69) is 0 Å². The quantitative estimate of drug-likeness (QED) is 0.718. The highest BCUT2D eigenvalue weighted by Gasteiger charge is 1.98. The first-order valence-corrected chi connectivity index (χ1v) is 5.18. The van der Waals surface area contributed by atoms with E-state index in [1.165, 1.54) is 0 Å². The van der Waals surface area contributed by atoms with Crippen LogP contribution in [0.15, 0.2) is 29.7 Å². The molecule has 1 aromatic carbocycles. The van der Waals surface area contributed by atoms with Crippen LogP contribution < -0.4 is 0 Å². The van der Waals surface area contributed by atoms with Crippen LogP contribution in [0, 0.1) is 0 Å². The van der Waals surface area contributed by atoms with E-state index in [9.17, 15) is 12.3 Å². The topological polar surface area (TPSA) is 34.1 Å². The number of halogens is 2. The van der Waals surface area contributed by atoms with Crippen LogP contribution in [-0.4, -0.2) is 8.42 Å². The van der Waals surface area contributed by atoms with Crippen LogP contribution >= 0.6 is 11.6 Å². The highest BCUT2D eigenvalue weighted by molar-refractivity contribution is 7.89. The molecule has 0 atom stereocenters. The Balaban J connectivity index is 2.88. The zero-order chi connectivity index (χ0) is 9.90. The monoisotopic (exact) mass is 220 g/mol. The molecule has 0 aromatic heterocycles. The van der Waals surface area contributed by atoms with Crippen LogP contribution in [-0.2, 0) is 10.2 Å². The van der Waals surface area contributed by atoms with E-state index in [1.807, 2.05) is 0 Å². The van der Waals surface area contributed by atoms with Gasteiger partial charge in [0.2, 0.25) is 0 Å². The predicted octanol–water partition coefficient (Wildman–Crippen LogP) is 2.61. The predicted molar refractivity (Wildman–Crippen MR) is 50.5 cm³/mol. The van der Waals surface area contributed by atoms with Crippen molar-refractivity contribution in [3.8, 4) is 0 Å². The van der Waals surface area contributed by atoms with Crippen molar-refractivity contribution in [1.82, 2.24) is 0 Å². The fourth-order valence-electron chi connectivity index (χ4n) is 0.734. The Bertz CT molecular complexity index is 408. The Labute approximate surface area is 80.9 Å². The van der Waals surface area contributed by atoms with Crippen molar-refractivity contribution in [3.63, 3.8) is 0 Å². The minimum Gasteiger partial charge on any atom is -0.190 e. The van der Waals surface area contributed by atoms with Crippen LogP contribution in [0.5, 0.6) is 0 Å². The second kappa shape index (κ2) is 3.89. The van der Waals surface area contributed by atoms with E-state index in [1.54, 1.807) is 24.3 Å². The molecule has 0 N–H and O–H groups in total. The zero-order valence-corrected chi connectivity index (χ0v) is 8.02. The summed E-state index contributed by atoms with van der Waals surface area (Å²) in [5.74, 6) is 0. The van der Waals surface area contributed by atoms with Gasteiger partial charge in [-0.3, -0.25) is 0 Å². The number of benzene rings is 1. The normalized spacial score (nSPS) is 12.2. The van der Waals surface area contributed by atoms with Gasteiger partial charge in [-0.2, -0.15) is 8.42 Å². The third-order valence-electron chi connectivity index (χ3n) is 1.29. The Morgan fingerprint density at radius 3 is 2.23 bits per heavy atom. The molecule has 0 spiro atoms. The molecule has 0 unspecified atom stereocenters. The molecular weight excluding hydrogens is 215 g/mol. The van der Waals surface area contributed by atoms with Crippen LogP contribution in [0.4, 0.5) is 3.89 Å². The van der Waals surface area contributed by atoms with Crippen LogP contribution in [0.1, 0.15) is 5.56 Å². The van der Waals surface area contributed by atoms with E-state index in [-0.39, 0.29) is 0 Å². The zero-order valence-electron chi connectivity index (χ0n) is 6.44. The molecule has 5 heteroatoms. The van der Waals surface area contributed by atoms with E-state index < -0.39 is 10.2 Å². The maximum Gasteiger partial charge on any atom is 0.325 e. The lowest BCUT2D eigenvalue weighted by molar-refractivity contribution is 0.563. The summed E-state index contributed by atoms with van der Waals surface area (Å²) in [6.07, 6.45) is 1.16. The lowest BCUT2D eigenvalue weighted by Crippen LogP contribution is -1.80. The van der Waals surface area contributed by atoms with Crippen molar-refractivity contribution in [2.45, 2.75) is 0 Å². The molecule has 1 aromatic rings. The highest BCUT2D eigenvalue weighted by Crippen LogP contribution is 2.11. The fourth-order valence-corrected chi connectivity index (χ4v) is 1.18. The number of hydrogen-bond acceptors (Lipinski definition) is 2. The molecule has 0 heterocycles. The van der Waals surface area contributed by atoms with Gasteiger partial charge in [0.25, 0.3) is 0 Å². The molecule has 0 aliphatic carbocycles. The fraction of sp³-hybridized carbons (Fsp3) is 0. The van der Waals surface area contributed by atoms with E-state index in [0.29, 0.717) is 16.0 Å². The second-order valence-corrected chi connectivity index (χ2v) is 3.99. The highest BCUT2D eigenvalue weighted by atomic mass is 35.5. The van der Waals surface area contributed by atoms with E-state index in [4.69, 9.17) is 11.6 Å². The first-order valence-electron chi connectivity index (χ1n) is 3.36. The summed E-state index contributed by atoms with van der Waals surface area (Å²) in [4.78, 5) is 0. The smallest absolute Gasteiger partial charge is 0.190 e. The minimum atomic E-state index is -4.55. The lowest BCUT2D eigenvalue weighted by atomic mass is 10.2. The molecular formula is C8H6ClFO2S.